The predicted molar refractivity (Wildman–Crippen MR) is 71.7 cm³/mol. The van der Waals surface area contributed by atoms with E-state index in [1.165, 1.54) is 0 Å². The molecule has 1 aliphatic heterocycles. The molecule has 1 heterocycles. The normalized spacial score (nSPS) is 17.5. The average Bonchev–Trinajstić information content (AvgIpc) is 2.44. The summed E-state index contributed by atoms with van der Waals surface area (Å²) in [5, 5.41) is 18.4. The van der Waals surface area contributed by atoms with Crippen molar-refractivity contribution in [1.82, 2.24) is 4.90 Å². The Hall–Kier alpha value is -1.10. The van der Waals surface area contributed by atoms with Gasteiger partial charge in [-0.1, -0.05) is 13.8 Å². The van der Waals surface area contributed by atoms with Gasteiger partial charge in [-0.3, -0.25) is 9.59 Å². The van der Waals surface area contributed by atoms with Crippen molar-refractivity contribution in [2.75, 3.05) is 19.7 Å². The monoisotopic (exact) mass is 271 g/mol. The van der Waals surface area contributed by atoms with E-state index in [-0.39, 0.29) is 24.9 Å². The Labute approximate surface area is 114 Å². The molecule has 0 aromatic heterocycles. The van der Waals surface area contributed by atoms with E-state index in [1.807, 2.05) is 13.8 Å². The molecule has 0 aromatic rings. The van der Waals surface area contributed by atoms with Crippen molar-refractivity contribution >= 4 is 11.9 Å². The maximum absolute atomic E-state index is 12.2. The predicted octanol–water partition coefficient (Wildman–Crippen LogP) is 1.50. The molecule has 1 aliphatic rings. The molecule has 19 heavy (non-hydrogen) atoms. The Kier molecular flexibility index (Phi) is 5.79. The van der Waals surface area contributed by atoms with E-state index >= 15 is 0 Å². The van der Waals surface area contributed by atoms with Gasteiger partial charge in [0.2, 0.25) is 5.91 Å². The number of carbonyl (C=O) groups excluding carboxylic acids is 1. The fraction of sp³-hybridized carbons (Fsp3) is 0.857. The number of carboxylic acid groups (broad SMARTS) is 1. The summed E-state index contributed by atoms with van der Waals surface area (Å²) < 4.78 is 0. The lowest BCUT2D eigenvalue weighted by Gasteiger charge is -2.34. The number of likely N-dealkylation sites (tertiary alicyclic amines) is 1. The Bertz CT molecular complexity index is 317. The molecule has 1 fully saturated rings. The van der Waals surface area contributed by atoms with E-state index in [9.17, 15) is 14.7 Å². The summed E-state index contributed by atoms with van der Waals surface area (Å²) >= 11 is 0. The second-order valence-electron chi connectivity index (χ2n) is 5.48. The maximum atomic E-state index is 12.2. The number of hydrogen-bond donors (Lipinski definition) is 2. The van der Waals surface area contributed by atoms with Crippen molar-refractivity contribution in [2.24, 2.45) is 11.3 Å². The topological polar surface area (TPSA) is 77.8 Å². The summed E-state index contributed by atoms with van der Waals surface area (Å²) in [5.74, 6) is -0.663. The highest BCUT2D eigenvalue weighted by Crippen LogP contribution is 2.32. The Morgan fingerprint density at radius 3 is 2.11 bits per heavy atom. The Balaban J connectivity index is 2.61. The number of aliphatic hydroxyl groups is 1. The van der Waals surface area contributed by atoms with Crippen LogP contribution in [0, 0.1) is 11.3 Å². The molecule has 1 rings (SSSR count). The van der Waals surface area contributed by atoms with Crippen molar-refractivity contribution in [3.8, 4) is 0 Å². The molecule has 5 heteroatoms. The number of piperidine rings is 1. The zero-order valence-corrected chi connectivity index (χ0v) is 11.9. The van der Waals surface area contributed by atoms with E-state index in [1.54, 1.807) is 4.90 Å². The van der Waals surface area contributed by atoms with Gasteiger partial charge in [0.15, 0.2) is 0 Å². The third-order valence-corrected chi connectivity index (χ3v) is 4.52. The number of carbonyl (C=O) groups is 2. The molecule has 0 radical (unpaired) electrons. The molecule has 0 spiro atoms. The van der Waals surface area contributed by atoms with Gasteiger partial charge < -0.3 is 15.1 Å². The minimum atomic E-state index is -0.926. The molecule has 1 saturated heterocycles. The molecule has 0 bridgehead atoms. The van der Waals surface area contributed by atoms with Crippen LogP contribution < -0.4 is 0 Å². The minimum Gasteiger partial charge on any atom is -0.481 e. The van der Waals surface area contributed by atoms with Gasteiger partial charge in [0.05, 0.1) is 5.41 Å². The number of aliphatic carboxylic acids is 1. The standard InChI is InChI=1S/C14H25NO4/c1-3-14(4-2,13(18)19)9-12(17)15-7-5-11(10-16)6-8-15/h11,16H,3-10H2,1-2H3,(H,18,19). The highest BCUT2D eigenvalue weighted by molar-refractivity contribution is 5.85. The third-order valence-electron chi connectivity index (χ3n) is 4.52. The molecular formula is C14H25NO4. The van der Waals surface area contributed by atoms with Gasteiger partial charge in [0, 0.05) is 26.1 Å². The first kappa shape index (κ1) is 16.0. The quantitative estimate of drug-likeness (QED) is 0.767. The van der Waals surface area contributed by atoms with Crippen molar-refractivity contribution < 1.29 is 19.8 Å². The fourth-order valence-corrected chi connectivity index (χ4v) is 2.64. The lowest BCUT2D eigenvalue weighted by molar-refractivity contribution is -0.154. The van der Waals surface area contributed by atoms with Crippen molar-refractivity contribution in [1.29, 1.82) is 0 Å². The van der Waals surface area contributed by atoms with Gasteiger partial charge in [-0.15, -0.1) is 0 Å². The van der Waals surface area contributed by atoms with Gasteiger partial charge in [-0.25, -0.2) is 0 Å². The minimum absolute atomic E-state index is 0.0671. The van der Waals surface area contributed by atoms with Crippen LogP contribution >= 0.6 is 0 Å². The Morgan fingerprint density at radius 2 is 1.74 bits per heavy atom. The van der Waals surface area contributed by atoms with Crippen molar-refractivity contribution in [3.05, 3.63) is 0 Å². The first-order chi connectivity index (χ1) is 8.99. The van der Waals surface area contributed by atoms with E-state index in [4.69, 9.17) is 5.11 Å². The molecule has 0 saturated carbocycles. The lowest BCUT2D eigenvalue weighted by atomic mass is 9.78. The van der Waals surface area contributed by atoms with E-state index in [2.05, 4.69) is 0 Å². The van der Waals surface area contributed by atoms with Gasteiger partial charge >= 0.3 is 5.97 Å². The zero-order valence-electron chi connectivity index (χ0n) is 11.9. The second kappa shape index (κ2) is 6.89. The van der Waals surface area contributed by atoms with E-state index < -0.39 is 11.4 Å². The fourth-order valence-electron chi connectivity index (χ4n) is 2.64. The van der Waals surface area contributed by atoms with Crippen LogP contribution in [0.1, 0.15) is 46.0 Å². The van der Waals surface area contributed by atoms with Crippen LogP contribution in [0.5, 0.6) is 0 Å². The van der Waals surface area contributed by atoms with Crippen LogP contribution in [-0.2, 0) is 9.59 Å². The van der Waals surface area contributed by atoms with Crippen LogP contribution in [0.25, 0.3) is 0 Å². The van der Waals surface area contributed by atoms with Crippen LogP contribution in [-0.4, -0.2) is 46.7 Å². The zero-order chi connectivity index (χ0) is 14.5. The molecule has 0 unspecified atom stereocenters. The summed E-state index contributed by atoms with van der Waals surface area (Å²) in [6.07, 6.45) is 2.63. The second-order valence-corrected chi connectivity index (χ2v) is 5.48. The number of carboxylic acids is 1. The van der Waals surface area contributed by atoms with Crippen LogP contribution in [0.15, 0.2) is 0 Å². The first-order valence-corrected chi connectivity index (χ1v) is 7.11. The average molecular weight is 271 g/mol. The highest BCUT2D eigenvalue weighted by atomic mass is 16.4. The summed E-state index contributed by atoms with van der Waals surface area (Å²) in [6, 6.07) is 0. The number of nitrogens with zero attached hydrogens (tertiary/aromatic N) is 1. The number of aliphatic hydroxyl groups excluding tert-OH is 1. The third kappa shape index (κ3) is 3.69. The molecule has 0 aromatic carbocycles. The summed E-state index contributed by atoms with van der Waals surface area (Å²) in [5.41, 5.74) is -0.926. The summed E-state index contributed by atoms with van der Waals surface area (Å²) in [7, 11) is 0. The SMILES string of the molecule is CCC(CC)(CC(=O)N1CCC(CO)CC1)C(=O)O. The smallest absolute Gasteiger partial charge is 0.310 e. The van der Waals surface area contributed by atoms with Gasteiger partial charge in [0.25, 0.3) is 0 Å². The molecule has 110 valence electrons. The lowest BCUT2D eigenvalue weighted by Crippen LogP contribution is -2.43. The highest BCUT2D eigenvalue weighted by Gasteiger charge is 2.38. The van der Waals surface area contributed by atoms with Crippen molar-refractivity contribution in [3.63, 3.8) is 0 Å². The van der Waals surface area contributed by atoms with Crippen LogP contribution in [0.2, 0.25) is 0 Å². The number of amides is 1. The molecular weight excluding hydrogens is 246 g/mol. The molecule has 5 nitrogen and oxygen atoms in total. The number of hydrogen-bond acceptors (Lipinski definition) is 3. The van der Waals surface area contributed by atoms with E-state index in [0.29, 0.717) is 25.9 Å². The van der Waals surface area contributed by atoms with Crippen molar-refractivity contribution in [2.45, 2.75) is 46.0 Å². The Morgan fingerprint density at radius 1 is 1.21 bits per heavy atom. The maximum Gasteiger partial charge on any atom is 0.310 e. The first-order valence-electron chi connectivity index (χ1n) is 7.11. The van der Waals surface area contributed by atoms with Gasteiger partial charge in [0.1, 0.15) is 0 Å². The summed E-state index contributed by atoms with van der Waals surface area (Å²) in [4.78, 5) is 25.4. The van der Waals surface area contributed by atoms with Gasteiger partial charge in [-0.2, -0.15) is 0 Å². The van der Waals surface area contributed by atoms with E-state index in [0.717, 1.165) is 12.8 Å². The number of rotatable bonds is 6. The molecule has 0 atom stereocenters. The molecule has 2 N–H and O–H groups in total. The van der Waals surface area contributed by atoms with Crippen LogP contribution in [0.4, 0.5) is 0 Å². The summed E-state index contributed by atoms with van der Waals surface area (Å²) in [6.45, 7) is 5.08. The van der Waals surface area contributed by atoms with Gasteiger partial charge in [-0.05, 0) is 31.6 Å². The van der Waals surface area contributed by atoms with Crippen LogP contribution in [0.3, 0.4) is 0 Å². The molecule has 0 aliphatic carbocycles. The largest absolute Gasteiger partial charge is 0.481 e. The molecule has 1 amide bonds.